The quantitative estimate of drug-likeness (QED) is 0.0379. The molecule has 294 valence electrons. The number of aliphatic hydroxyl groups excluding tert-OH is 3. The molecule has 1 amide bonds. The van der Waals surface area contributed by atoms with Crippen LogP contribution in [0.15, 0.2) is 36.5 Å². The van der Waals surface area contributed by atoms with E-state index in [0.717, 1.165) is 44.9 Å². The first-order chi connectivity index (χ1) is 24.6. The van der Waals surface area contributed by atoms with Crippen molar-refractivity contribution in [3.63, 3.8) is 0 Å². The Bertz CT molecular complexity index is 779. The van der Waals surface area contributed by atoms with Crippen LogP contribution in [-0.2, 0) is 4.79 Å². The van der Waals surface area contributed by atoms with E-state index < -0.39 is 18.2 Å². The first-order valence-electron chi connectivity index (χ1n) is 21.7. The molecular weight excluding hydrogens is 618 g/mol. The van der Waals surface area contributed by atoms with Crippen LogP contribution in [0.4, 0.5) is 0 Å². The number of hydrogen-bond donors (Lipinski definition) is 4. The summed E-state index contributed by atoms with van der Waals surface area (Å²) in [7, 11) is 0. The fourth-order valence-corrected chi connectivity index (χ4v) is 6.65. The number of carbonyl (C=O) groups is 1. The normalized spacial score (nSPS) is 13.9. The second-order valence-corrected chi connectivity index (χ2v) is 14.9. The van der Waals surface area contributed by atoms with Crippen molar-refractivity contribution in [1.29, 1.82) is 0 Å². The molecule has 0 aliphatic rings. The molecule has 50 heavy (non-hydrogen) atoms. The van der Waals surface area contributed by atoms with Crippen molar-refractivity contribution in [1.82, 2.24) is 5.32 Å². The summed E-state index contributed by atoms with van der Waals surface area (Å²) in [5.74, 6) is -0.162. The second kappa shape index (κ2) is 40.3. The van der Waals surface area contributed by atoms with Crippen molar-refractivity contribution >= 4 is 5.91 Å². The number of amides is 1. The lowest BCUT2D eigenvalue weighted by atomic mass is 10.0. The summed E-state index contributed by atoms with van der Waals surface area (Å²) >= 11 is 0. The van der Waals surface area contributed by atoms with Crippen molar-refractivity contribution < 1.29 is 20.1 Å². The van der Waals surface area contributed by atoms with E-state index in [1.807, 2.05) is 13.0 Å². The van der Waals surface area contributed by atoms with Gasteiger partial charge in [0, 0.05) is 6.42 Å². The zero-order valence-corrected chi connectivity index (χ0v) is 33.3. The Morgan fingerprint density at radius 3 is 1.34 bits per heavy atom. The fraction of sp³-hybridized carbons (Fsp3) is 0.844. The smallest absolute Gasteiger partial charge is 0.220 e. The molecule has 0 aliphatic carbocycles. The summed E-state index contributed by atoms with van der Waals surface area (Å²) in [6, 6.07) is -0.829. The summed E-state index contributed by atoms with van der Waals surface area (Å²) in [5, 5.41) is 33.2. The Balaban J connectivity index is 3.51. The molecule has 3 atom stereocenters. The first kappa shape index (κ1) is 48.6. The molecule has 3 unspecified atom stereocenters. The highest BCUT2D eigenvalue weighted by molar-refractivity contribution is 5.76. The topological polar surface area (TPSA) is 89.8 Å². The third-order valence-electron chi connectivity index (χ3n) is 10.0. The highest BCUT2D eigenvalue weighted by Crippen LogP contribution is 2.15. The summed E-state index contributed by atoms with van der Waals surface area (Å²) < 4.78 is 0. The van der Waals surface area contributed by atoms with Crippen LogP contribution in [0.1, 0.15) is 219 Å². The van der Waals surface area contributed by atoms with E-state index in [9.17, 15) is 20.1 Å². The average molecular weight is 704 g/mol. The van der Waals surface area contributed by atoms with Gasteiger partial charge < -0.3 is 20.6 Å². The van der Waals surface area contributed by atoms with Crippen LogP contribution in [0.2, 0.25) is 0 Å². The molecule has 4 N–H and O–H groups in total. The Morgan fingerprint density at radius 2 is 0.900 bits per heavy atom. The van der Waals surface area contributed by atoms with Gasteiger partial charge >= 0.3 is 0 Å². The minimum atomic E-state index is -1.16. The first-order valence-corrected chi connectivity index (χ1v) is 21.7. The van der Waals surface area contributed by atoms with E-state index in [4.69, 9.17) is 0 Å². The molecule has 5 nitrogen and oxygen atoms in total. The Kier molecular flexibility index (Phi) is 39.2. The zero-order chi connectivity index (χ0) is 36.6. The van der Waals surface area contributed by atoms with Gasteiger partial charge in [0.05, 0.1) is 18.8 Å². The minimum absolute atomic E-state index is 0.162. The van der Waals surface area contributed by atoms with E-state index in [2.05, 4.69) is 42.6 Å². The molecule has 0 radical (unpaired) electrons. The second-order valence-electron chi connectivity index (χ2n) is 14.9. The van der Waals surface area contributed by atoms with Gasteiger partial charge in [-0.05, 0) is 71.1 Å². The van der Waals surface area contributed by atoms with E-state index in [0.29, 0.717) is 12.8 Å². The van der Waals surface area contributed by atoms with Crippen LogP contribution in [0.25, 0.3) is 0 Å². The summed E-state index contributed by atoms with van der Waals surface area (Å²) in [6.45, 7) is 3.92. The van der Waals surface area contributed by atoms with Gasteiger partial charge in [0.25, 0.3) is 0 Å². The van der Waals surface area contributed by atoms with Crippen LogP contribution >= 0.6 is 0 Å². The molecule has 0 rings (SSSR count). The van der Waals surface area contributed by atoms with Crippen LogP contribution in [0.5, 0.6) is 0 Å². The zero-order valence-electron chi connectivity index (χ0n) is 33.3. The predicted molar refractivity (Wildman–Crippen MR) is 218 cm³/mol. The van der Waals surface area contributed by atoms with Gasteiger partial charge in [-0.25, -0.2) is 0 Å². The van der Waals surface area contributed by atoms with Gasteiger partial charge in [-0.15, -0.1) is 0 Å². The fourth-order valence-electron chi connectivity index (χ4n) is 6.65. The van der Waals surface area contributed by atoms with Crippen LogP contribution in [-0.4, -0.2) is 46.1 Å². The summed E-state index contributed by atoms with van der Waals surface area (Å²) in [6.07, 6.45) is 50.2. The maximum atomic E-state index is 12.4. The number of rotatable bonds is 39. The molecular formula is C45H85NO4. The van der Waals surface area contributed by atoms with E-state index >= 15 is 0 Å². The number of aliphatic hydroxyl groups is 3. The van der Waals surface area contributed by atoms with E-state index in [1.54, 1.807) is 0 Å². The van der Waals surface area contributed by atoms with Crippen molar-refractivity contribution in [3.05, 3.63) is 36.5 Å². The van der Waals surface area contributed by atoms with Gasteiger partial charge in [-0.1, -0.05) is 178 Å². The van der Waals surface area contributed by atoms with Crippen LogP contribution in [0.3, 0.4) is 0 Å². The van der Waals surface area contributed by atoms with Crippen molar-refractivity contribution in [2.24, 2.45) is 0 Å². The molecule has 0 aromatic carbocycles. The highest BCUT2D eigenvalue weighted by atomic mass is 16.3. The molecule has 0 fully saturated rings. The lowest BCUT2D eigenvalue weighted by molar-refractivity contribution is -0.124. The number of nitrogens with one attached hydrogen (secondary N) is 1. The van der Waals surface area contributed by atoms with Gasteiger partial charge in [0.1, 0.15) is 6.10 Å². The Morgan fingerprint density at radius 1 is 0.520 bits per heavy atom. The Labute approximate surface area is 311 Å². The molecule has 0 spiro atoms. The lowest BCUT2D eigenvalue weighted by Crippen LogP contribution is -2.50. The van der Waals surface area contributed by atoms with Gasteiger partial charge in [-0.3, -0.25) is 4.79 Å². The van der Waals surface area contributed by atoms with Crippen LogP contribution in [0, 0.1) is 0 Å². The highest BCUT2D eigenvalue weighted by Gasteiger charge is 2.26. The number of carbonyl (C=O) groups excluding carboxylic acids is 1. The lowest BCUT2D eigenvalue weighted by Gasteiger charge is -2.26. The molecule has 0 aromatic heterocycles. The molecule has 0 bridgehead atoms. The summed E-state index contributed by atoms with van der Waals surface area (Å²) in [5.41, 5.74) is 0. The van der Waals surface area contributed by atoms with Crippen LogP contribution < -0.4 is 5.32 Å². The van der Waals surface area contributed by atoms with E-state index in [1.165, 1.54) is 148 Å². The minimum Gasteiger partial charge on any atom is -0.394 e. The van der Waals surface area contributed by atoms with E-state index in [-0.39, 0.29) is 12.5 Å². The molecule has 5 heteroatoms. The standard InChI is InChI=1S/C45H85NO4/c1-3-5-7-9-11-13-14-15-16-17-18-19-20-21-22-23-24-25-26-27-28-29-30-31-32-34-36-38-40-44(49)46-42(41-47)45(50)43(48)39-37-35-33-12-10-8-6-4-2/h4,6,12,21-22,33,42-43,45,47-48,50H,3,5,7-11,13-20,23-32,34-41H2,1-2H3,(H,46,49)/b6-4+,22-21-,33-12+. The van der Waals surface area contributed by atoms with Crippen molar-refractivity contribution in [2.75, 3.05) is 6.61 Å². The maximum absolute atomic E-state index is 12.4. The largest absolute Gasteiger partial charge is 0.394 e. The number of allylic oxidation sites excluding steroid dienone is 6. The molecule has 0 aromatic rings. The molecule has 0 heterocycles. The van der Waals surface area contributed by atoms with Gasteiger partial charge in [0.2, 0.25) is 5.91 Å². The number of hydrogen-bond acceptors (Lipinski definition) is 4. The van der Waals surface area contributed by atoms with Gasteiger partial charge in [-0.2, -0.15) is 0 Å². The van der Waals surface area contributed by atoms with Crippen molar-refractivity contribution in [2.45, 2.75) is 238 Å². The molecule has 0 saturated heterocycles. The average Bonchev–Trinajstić information content (AvgIpc) is 3.12. The molecule has 0 aliphatic heterocycles. The third kappa shape index (κ3) is 35.0. The summed E-state index contributed by atoms with van der Waals surface area (Å²) in [4.78, 5) is 12.4. The van der Waals surface area contributed by atoms with Gasteiger partial charge in [0.15, 0.2) is 0 Å². The SMILES string of the molecule is C/C=C/CC/C=C/CCCC(O)C(O)C(CO)NC(=O)CCCCCCCCCCCCCC/C=C\CCCCCCCCCCCCCC. The monoisotopic (exact) mass is 704 g/mol. The Hall–Kier alpha value is -1.43. The maximum Gasteiger partial charge on any atom is 0.220 e. The molecule has 0 saturated carbocycles. The van der Waals surface area contributed by atoms with Crippen molar-refractivity contribution in [3.8, 4) is 0 Å². The number of unbranched alkanes of at least 4 members (excludes halogenated alkanes) is 26. The predicted octanol–water partition coefficient (Wildman–Crippen LogP) is 12.4. The third-order valence-corrected chi connectivity index (χ3v) is 10.0.